The molecule has 6 heteroatoms. The number of carbonyl (C=O) groups is 2. The molecule has 1 aromatic heterocycles. The summed E-state index contributed by atoms with van der Waals surface area (Å²) < 4.78 is 0. The molecular weight excluding hydrogens is 266 g/mol. The van der Waals surface area contributed by atoms with Crippen molar-refractivity contribution >= 4 is 29.1 Å². The van der Waals surface area contributed by atoms with Crippen molar-refractivity contribution in [1.82, 2.24) is 4.98 Å². The molecule has 2 amide bonds. The monoisotopic (exact) mass is 275 g/mol. The molecule has 0 saturated heterocycles. The van der Waals surface area contributed by atoms with E-state index in [1.165, 1.54) is 18.3 Å². The van der Waals surface area contributed by atoms with Crippen LogP contribution in [0.2, 0.25) is 5.02 Å². The second kappa shape index (κ2) is 5.49. The van der Waals surface area contributed by atoms with E-state index in [1.807, 2.05) is 0 Å². The highest BCUT2D eigenvalue weighted by molar-refractivity contribution is 6.30. The van der Waals surface area contributed by atoms with Gasteiger partial charge in [-0.3, -0.25) is 14.6 Å². The molecule has 0 radical (unpaired) electrons. The molecule has 3 N–H and O–H groups in total. The van der Waals surface area contributed by atoms with Gasteiger partial charge in [-0.15, -0.1) is 0 Å². The molecular formula is C13H10ClN3O2. The Morgan fingerprint density at radius 2 is 2.00 bits per heavy atom. The van der Waals surface area contributed by atoms with E-state index in [0.29, 0.717) is 16.3 Å². The predicted molar refractivity (Wildman–Crippen MR) is 72.2 cm³/mol. The fourth-order valence-corrected chi connectivity index (χ4v) is 1.63. The number of pyridine rings is 1. The quantitative estimate of drug-likeness (QED) is 0.899. The van der Waals surface area contributed by atoms with Crippen molar-refractivity contribution in [2.45, 2.75) is 0 Å². The van der Waals surface area contributed by atoms with Crippen LogP contribution >= 0.6 is 11.6 Å². The van der Waals surface area contributed by atoms with Crippen molar-refractivity contribution in [3.8, 4) is 0 Å². The standard InChI is InChI=1S/C13H10ClN3O2/c14-9-4-5-16-11(7-9)13(19)17-10-3-1-2-8(6-10)12(15)18/h1-7H,(H2,15,18)(H,17,19). The van der Waals surface area contributed by atoms with Crippen LogP contribution in [0.4, 0.5) is 5.69 Å². The van der Waals surface area contributed by atoms with Crippen LogP contribution in [0.5, 0.6) is 0 Å². The summed E-state index contributed by atoms with van der Waals surface area (Å²) >= 11 is 5.78. The van der Waals surface area contributed by atoms with E-state index in [1.54, 1.807) is 24.3 Å². The Hall–Kier alpha value is -2.40. The first-order chi connectivity index (χ1) is 9.06. The summed E-state index contributed by atoms with van der Waals surface area (Å²) in [5.74, 6) is -0.971. The highest BCUT2D eigenvalue weighted by atomic mass is 35.5. The second-order valence-corrected chi connectivity index (χ2v) is 4.19. The van der Waals surface area contributed by atoms with Gasteiger partial charge in [0.25, 0.3) is 5.91 Å². The van der Waals surface area contributed by atoms with Gasteiger partial charge in [0.2, 0.25) is 5.91 Å². The topological polar surface area (TPSA) is 85.1 Å². The molecule has 0 bridgehead atoms. The molecule has 0 saturated carbocycles. The molecule has 0 fully saturated rings. The number of amides is 2. The van der Waals surface area contributed by atoms with Crippen LogP contribution in [0.25, 0.3) is 0 Å². The predicted octanol–water partition coefficient (Wildman–Crippen LogP) is 2.09. The van der Waals surface area contributed by atoms with Gasteiger partial charge in [0, 0.05) is 22.5 Å². The first kappa shape index (κ1) is 13.0. The van der Waals surface area contributed by atoms with E-state index >= 15 is 0 Å². The Kier molecular flexibility index (Phi) is 3.77. The van der Waals surface area contributed by atoms with E-state index in [2.05, 4.69) is 10.3 Å². The number of primary amides is 1. The molecule has 19 heavy (non-hydrogen) atoms. The molecule has 0 aliphatic rings. The summed E-state index contributed by atoms with van der Waals surface area (Å²) in [5, 5.41) is 3.04. The Balaban J connectivity index is 2.19. The Bertz CT molecular complexity index is 643. The maximum absolute atomic E-state index is 11.9. The van der Waals surface area contributed by atoms with Gasteiger partial charge in [0.15, 0.2) is 0 Å². The van der Waals surface area contributed by atoms with Gasteiger partial charge in [0.1, 0.15) is 5.69 Å². The number of hydrogen-bond acceptors (Lipinski definition) is 3. The first-order valence-corrected chi connectivity index (χ1v) is 5.77. The molecule has 2 aromatic rings. The van der Waals surface area contributed by atoms with Crippen LogP contribution in [-0.4, -0.2) is 16.8 Å². The van der Waals surface area contributed by atoms with Crippen molar-refractivity contribution in [3.63, 3.8) is 0 Å². The summed E-state index contributed by atoms with van der Waals surface area (Å²) in [4.78, 5) is 26.8. The lowest BCUT2D eigenvalue weighted by Crippen LogP contribution is -2.15. The average molecular weight is 276 g/mol. The Morgan fingerprint density at radius 1 is 1.21 bits per heavy atom. The van der Waals surface area contributed by atoms with Crippen LogP contribution in [-0.2, 0) is 0 Å². The third-order valence-corrected chi connectivity index (χ3v) is 2.59. The molecule has 0 aliphatic heterocycles. The number of nitrogens with two attached hydrogens (primary N) is 1. The molecule has 1 heterocycles. The van der Waals surface area contributed by atoms with Crippen LogP contribution in [0.15, 0.2) is 42.6 Å². The molecule has 96 valence electrons. The van der Waals surface area contributed by atoms with Gasteiger partial charge in [-0.05, 0) is 30.3 Å². The minimum atomic E-state index is -0.558. The number of rotatable bonds is 3. The van der Waals surface area contributed by atoms with Gasteiger partial charge in [-0.1, -0.05) is 17.7 Å². The SMILES string of the molecule is NC(=O)c1cccc(NC(=O)c2cc(Cl)ccn2)c1. The molecule has 0 spiro atoms. The lowest BCUT2D eigenvalue weighted by atomic mass is 10.2. The highest BCUT2D eigenvalue weighted by Gasteiger charge is 2.09. The van der Waals surface area contributed by atoms with Gasteiger partial charge in [0.05, 0.1) is 0 Å². The molecule has 5 nitrogen and oxygen atoms in total. The normalized spacial score (nSPS) is 9.95. The largest absolute Gasteiger partial charge is 0.366 e. The van der Waals surface area contributed by atoms with E-state index < -0.39 is 11.8 Å². The maximum Gasteiger partial charge on any atom is 0.274 e. The number of anilines is 1. The molecule has 2 rings (SSSR count). The van der Waals surface area contributed by atoms with E-state index in [9.17, 15) is 9.59 Å². The third-order valence-electron chi connectivity index (χ3n) is 2.36. The third kappa shape index (κ3) is 3.29. The first-order valence-electron chi connectivity index (χ1n) is 5.39. The molecule has 0 atom stereocenters. The molecule has 0 aliphatic carbocycles. The average Bonchev–Trinajstić information content (AvgIpc) is 2.39. The number of carbonyl (C=O) groups excluding carboxylic acids is 2. The number of hydrogen-bond donors (Lipinski definition) is 2. The maximum atomic E-state index is 11.9. The van der Waals surface area contributed by atoms with Crippen LogP contribution < -0.4 is 11.1 Å². The second-order valence-electron chi connectivity index (χ2n) is 3.76. The summed E-state index contributed by atoms with van der Waals surface area (Å²) in [6.07, 6.45) is 1.44. The zero-order valence-electron chi connectivity index (χ0n) is 9.76. The summed E-state index contributed by atoms with van der Waals surface area (Å²) in [6, 6.07) is 9.36. The summed E-state index contributed by atoms with van der Waals surface area (Å²) in [7, 11) is 0. The van der Waals surface area contributed by atoms with Gasteiger partial charge >= 0.3 is 0 Å². The van der Waals surface area contributed by atoms with Crippen molar-refractivity contribution in [3.05, 3.63) is 58.9 Å². The van der Waals surface area contributed by atoms with E-state index in [-0.39, 0.29) is 5.69 Å². The Labute approximate surface area is 114 Å². The zero-order valence-corrected chi connectivity index (χ0v) is 10.5. The molecule has 1 aromatic carbocycles. The number of aromatic nitrogens is 1. The van der Waals surface area contributed by atoms with Gasteiger partial charge in [-0.2, -0.15) is 0 Å². The van der Waals surface area contributed by atoms with Gasteiger partial charge < -0.3 is 11.1 Å². The Morgan fingerprint density at radius 3 is 2.68 bits per heavy atom. The minimum absolute atomic E-state index is 0.192. The number of nitrogens with zero attached hydrogens (tertiary/aromatic N) is 1. The highest BCUT2D eigenvalue weighted by Crippen LogP contribution is 2.13. The lowest BCUT2D eigenvalue weighted by molar-refractivity contribution is 0.0995. The number of benzene rings is 1. The van der Waals surface area contributed by atoms with Crippen LogP contribution in [0.1, 0.15) is 20.8 Å². The van der Waals surface area contributed by atoms with Crippen molar-refractivity contribution in [2.75, 3.05) is 5.32 Å². The molecule has 0 unspecified atom stereocenters. The van der Waals surface area contributed by atoms with Gasteiger partial charge in [-0.25, -0.2) is 0 Å². The number of nitrogens with one attached hydrogen (secondary N) is 1. The fraction of sp³-hybridized carbons (Fsp3) is 0. The van der Waals surface area contributed by atoms with Crippen LogP contribution in [0.3, 0.4) is 0 Å². The van der Waals surface area contributed by atoms with Crippen LogP contribution in [0, 0.1) is 0 Å². The summed E-state index contributed by atoms with van der Waals surface area (Å²) in [5.41, 5.74) is 6.13. The van der Waals surface area contributed by atoms with Crippen molar-refractivity contribution < 1.29 is 9.59 Å². The zero-order chi connectivity index (χ0) is 13.8. The van der Waals surface area contributed by atoms with Crippen molar-refractivity contribution in [1.29, 1.82) is 0 Å². The fourth-order valence-electron chi connectivity index (χ4n) is 1.47. The minimum Gasteiger partial charge on any atom is -0.366 e. The van der Waals surface area contributed by atoms with E-state index in [0.717, 1.165) is 0 Å². The van der Waals surface area contributed by atoms with Crippen molar-refractivity contribution in [2.24, 2.45) is 5.73 Å². The number of halogens is 1. The lowest BCUT2D eigenvalue weighted by Gasteiger charge is -2.05. The smallest absolute Gasteiger partial charge is 0.274 e. The van der Waals surface area contributed by atoms with E-state index in [4.69, 9.17) is 17.3 Å². The summed E-state index contributed by atoms with van der Waals surface area (Å²) in [6.45, 7) is 0.